The first-order valence-corrected chi connectivity index (χ1v) is 8.91. The summed E-state index contributed by atoms with van der Waals surface area (Å²) >= 11 is 1.70. The number of thiazole rings is 1. The molecule has 0 spiro atoms. The maximum Gasteiger partial charge on any atom is 0.176 e. The van der Waals surface area contributed by atoms with Crippen molar-refractivity contribution in [2.24, 2.45) is 0 Å². The molecule has 0 radical (unpaired) electrons. The predicted octanol–water partition coefficient (Wildman–Crippen LogP) is 4.03. The van der Waals surface area contributed by atoms with Crippen molar-refractivity contribution >= 4 is 17.2 Å². The van der Waals surface area contributed by atoms with Crippen molar-refractivity contribution in [2.45, 2.75) is 46.6 Å². The minimum Gasteiger partial charge on any atom is -0.360 e. The molecule has 0 amide bonds. The molecule has 0 aliphatic carbocycles. The topological polar surface area (TPSA) is 68.5 Å². The lowest BCUT2D eigenvalue weighted by atomic mass is 10.2. The van der Waals surface area contributed by atoms with Crippen molar-refractivity contribution in [3.8, 4) is 5.82 Å². The van der Waals surface area contributed by atoms with Crippen LogP contribution >= 0.6 is 11.3 Å². The second-order valence-corrected chi connectivity index (χ2v) is 7.14. The molecule has 0 aliphatic heterocycles. The molecule has 1 N–H and O–H groups in total. The predicted molar refractivity (Wildman–Crippen MR) is 96.9 cm³/mol. The van der Waals surface area contributed by atoms with Crippen LogP contribution in [0.15, 0.2) is 23.6 Å². The van der Waals surface area contributed by atoms with Crippen molar-refractivity contribution < 1.29 is 0 Å². The van der Waals surface area contributed by atoms with Crippen molar-refractivity contribution in [1.82, 2.24) is 25.0 Å². The van der Waals surface area contributed by atoms with Crippen molar-refractivity contribution in [3.05, 3.63) is 45.7 Å². The molecule has 0 bridgehead atoms. The second-order valence-electron chi connectivity index (χ2n) is 6.25. The van der Waals surface area contributed by atoms with Gasteiger partial charge in [-0.25, -0.2) is 9.67 Å². The van der Waals surface area contributed by atoms with E-state index in [2.05, 4.69) is 51.7 Å². The molecule has 1 unspecified atom stereocenters. The molecule has 3 heterocycles. The zero-order chi connectivity index (χ0) is 17.3. The summed E-state index contributed by atoms with van der Waals surface area (Å²) < 4.78 is 1.80. The van der Waals surface area contributed by atoms with Gasteiger partial charge >= 0.3 is 0 Å². The van der Waals surface area contributed by atoms with Gasteiger partial charge < -0.3 is 5.32 Å². The van der Waals surface area contributed by atoms with Gasteiger partial charge in [0.2, 0.25) is 0 Å². The number of hydrogen-bond donors (Lipinski definition) is 1. The molecule has 0 aromatic carbocycles. The van der Waals surface area contributed by atoms with Gasteiger partial charge in [-0.05, 0) is 39.0 Å². The van der Waals surface area contributed by atoms with E-state index >= 15 is 0 Å². The van der Waals surface area contributed by atoms with Crippen molar-refractivity contribution in [3.63, 3.8) is 0 Å². The summed E-state index contributed by atoms with van der Waals surface area (Å²) in [5, 5.41) is 19.6. The number of rotatable bonds is 5. The minimum atomic E-state index is 0.0857. The van der Waals surface area contributed by atoms with E-state index in [0.29, 0.717) is 5.92 Å². The van der Waals surface area contributed by atoms with E-state index in [-0.39, 0.29) is 6.04 Å². The van der Waals surface area contributed by atoms with E-state index in [1.165, 1.54) is 0 Å². The van der Waals surface area contributed by atoms with Gasteiger partial charge in [0.15, 0.2) is 5.82 Å². The zero-order valence-corrected chi connectivity index (χ0v) is 15.4. The Labute approximate surface area is 146 Å². The van der Waals surface area contributed by atoms with Gasteiger partial charge in [0.1, 0.15) is 5.82 Å². The Morgan fingerprint density at radius 3 is 2.46 bits per heavy atom. The van der Waals surface area contributed by atoms with Crippen LogP contribution in [0.5, 0.6) is 0 Å². The van der Waals surface area contributed by atoms with Crippen molar-refractivity contribution in [1.29, 1.82) is 0 Å². The van der Waals surface area contributed by atoms with Crippen LogP contribution in [-0.4, -0.2) is 25.0 Å². The summed E-state index contributed by atoms with van der Waals surface area (Å²) in [5.74, 6) is 1.90. The lowest BCUT2D eigenvalue weighted by Gasteiger charge is -2.12. The standard InChI is InChI=1S/C17H22N6S/c1-10(2)17-19-14(9-24-17)13(5)18-15-6-7-16(21-20-15)23-12(4)8-11(3)22-23/h6-10,13H,1-5H3,(H,18,20). The third kappa shape index (κ3) is 3.46. The maximum absolute atomic E-state index is 4.68. The van der Waals surface area contributed by atoms with Crippen LogP contribution in [0.25, 0.3) is 5.82 Å². The first-order valence-electron chi connectivity index (χ1n) is 8.03. The molecule has 3 rings (SSSR count). The van der Waals surface area contributed by atoms with Gasteiger partial charge in [-0.2, -0.15) is 5.10 Å². The third-order valence-electron chi connectivity index (χ3n) is 3.72. The molecule has 0 saturated heterocycles. The fraction of sp³-hybridized carbons (Fsp3) is 0.412. The summed E-state index contributed by atoms with van der Waals surface area (Å²) in [6, 6.07) is 5.94. The van der Waals surface area contributed by atoms with Gasteiger partial charge in [0, 0.05) is 17.0 Å². The van der Waals surface area contributed by atoms with Crippen molar-refractivity contribution in [2.75, 3.05) is 5.32 Å². The zero-order valence-electron chi connectivity index (χ0n) is 14.6. The monoisotopic (exact) mass is 342 g/mol. The van der Waals surface area contributed by atoms with Crippen LogP contribution in [0.4, 0.5) is 5.82 Å². The Balaban J connectivity index is 1.72. The van der Waals surface area contributed by atoms with Gasteiger partial charge in [-0.3, -0.25) is 0 Å². The van der Waals surface area contributed by atoms with Crippen LogP contribution < -0.4 is 5.32 Å². The molecule has 0 saturated carbocycles. The highest BCUT2D eigenvalue weighted by Crippen LogP contribution is 2.24. The molecular weight excluding hydrogens is 320 g/mol. The van der Waals surface area contributed by atoms with E-state index in [0.717, 1.165) is 33.7 Å². The quantitative estimate of drug-likeness (QED) is 0.758. The summed E-state index contributed by atoms with van der Waals surface area (Å²) in [6.45, 7) is 10.4. The van der Waals surface area contributed by atoms with Gasteiger partial charge in [-0.1, -0.05) is 13.8 Å². The van der Waals surface area contributed by atoms with Gasteiger partial charge in [0.25, 0.3) is 0 Å². The van der Waals surface area contributed by atoms with Crippen LogP contribution in [-0.2, 0) is 0 Å². The average Bonchev–Trinajstić information content (AvgIpc) is 3.15. The summed E-state index contributed by atoms with van der Waals surface area (Å²) in [5.41, 5.74) is 3.04. The van der Waals surface area contributed by atoms with E-state index in [4.69, 9.17) is 0 Å². The van der Waals surface area contributed by atoms with Gasteiger partial charge in [0.05, 0.1) is 22.4 Å². The van der Waals surface area contributed by atoms with E-state index in [1.807, 2.05) is 32.0 Å². The summed E-state index contributed by atoms with van der Waals surface area (Å²) in [6.07, 6.45) is 0. The third-order valence-corrected chi connectivity index (χ3v) is 4.88. The molecule has 0 aliphatic rings. The fourth-order valence-electron chi connectivity index (χ4n) is 2.44. The molecule has 24 heavy (non-hydrogen) atoms. The van der Waals surface area contributed by atoms with E-state index < -0.39 is 0 Å². The molecule has 6 nitrogen and oxygen atoms in total. The average molecular weight is 342 g/mol. The Morgan fingerprint density at radius 2 is 1.92 bits per heavy atom. The molecule has 126 valence electrons. The first kappa shape index (κ1) is 16.6. The summed E-state index contributed by atoms with van der Waals surface area (Å²) in [7, 11) is 0. The lowest BCUT2D eigenvalue weighted by molar-refractivity contribution is 0.770. The summed E-state index contributed by atoms with van der Waals surface area (Å²) in [4.78, 5) is 4.68. The Kier molecular flexibility index (Phi) is 4.62. The van der Waals surface area contributed by atoms with Crippen LogP contribution in [0, 0.1) is 13.8 Å². The Hall–Kier alpha value is -2.28. The number of nitrogens with zero attached hydrogens (tertiary/aromatic N) is 5. The lowest BCUT2D eigenvalue weighted by Crippen LogP contribution is -2.10. The minimum absolute atomic E-state index is 0.0857. The largest absolute Gasteiger partial charge is 0.360 e. The Bertz CT molecular complexity index is 818. The Morgan fingerprint density at radius 1 is 1.12 bits per heavy atom. The second kappa shape index (κ2) is 6.68. The maximum atomic E-state index is 4.68. The van der Waals surface area contributed by atoms with Crippen LogP contribution in [0.1, 0.15) is 54.8 Å². The number of aryl methyl sites for hydroxylation is 2. The number of hydrogen-bond acceptors (Lipinski definition) is 6. The SMILES string of the molecule is Cc1cc(C)n(-c2ccc(NC(C)c3csc(C(C)C)n3)nn2)n1. The fourth-order valence-corrected chi connectivity index (χ4v) is 3.37. The highest BCUT2D eigenvalue weighted by atomic mass is 32.1. The van der Waals surface area contributed by atoms with Crippen LogP contribution in [0.3, 0.4) is 0 Å². The molecule has 1 atom stereocenters. The highest BCUT2D eigenvalue weighted by Gasteiger charge is 2.13. The van der Waals surface area contributed by atoms with E-state index in [1.54, 1.807) is 16.0 Å². The van der Waals surface area contributed by atoms with Crippen LogP contribution in [0.2, 0.25) is 0 Å². The smallest absolute Gasteiger partial charge is 0.176 e. The molecule has 3 aromatic rings. The highest BCUT2D eigenvalue weighted by molar-refractivity contribution is 7.09. The van der Waals surface area contributed by atoms with E-state index in [9.17, 15) is 0 Å². The number of anilines is 1. The molecule has 0 fully saturated rings. The molecular formula is C17H22N6S. The normalized spacial score (nSPS) is 12.6. The molecule has 7 heteroatoms. The number of aromatic nitrogens is 5. The molecule has 3 aromatic heterocycles. The van der Waals surface area contributed by atoms with Gasteiger partial charge in [-0.15, -0.1) is 21.5 Å². The first-order chi connectivity index (χ1) is 11.4. The number of nitrogens with one attached hydrogen (secondary N) is 1.